The second kappa shape index (κ2) is 5.35. The van der Waals surface area contributed by atoms with Crippen LogP contribution >= 0.6 is 0 Å². The van der Waals surface area contributed by atoms with E-state index in [0.717, 1.165) is 19.3 Å². The van der Waals surface area contributed by atoms with Gasteiger partial charge in [-0.2, -0.15) is 0 Å². The van der Waals surface area contributed by atoms with Crippen LogP contribution in [0.3, 0.4) is 0 Å². The molecule has 4 nitrogen and oxygen atoms in total. The van der Waals surface area contributed by atoms with Gasteiger partial charge in [-0.15, -0.1) is 0 Å². The van der Waals surface area contributed by atoms with Crippen LogP contribution in [0.25, 0.3) is 0 Å². The van der Waals surface area contributed by atoms with Crippen molar-refractivity contribution in [2.75, 3.05) is 13.2 Å². The summed E-state index contributed by atoms with van der Waals surface area (Å²) in [5.74, 6) is 0.334. The van der Waals surface area contributed by atoms with Gasteiger partial charge in [-0.1, -0.05) is 6.07 Å². The highest BCUT2D eigenvalue weighted by atomic mass is 16.5. The number of phenolic OH excluding ortho intramolecular Hbond substituents is 1. The van der Waals surface area contributed by atoms with Crippen molar-refractivity contribution in [2.45, 2.75) is 50.4 Å². The maximum atomic E-state index is 10.6. The molecule has 0 amide bonds. The fourth-order valence-electron chi connectivity index (χ4n) is 3.32. The summed E-state index contributed by atoms with van der Waals surface area (Å²) in [4.78, 5) is 0. The van der Waals surface area contributed by atoms with Gasteiger partial charge in [0.1, 0.15) is 11.4 Å². The number of ether oxygens (including phenoxy) is 1. The van der Waals surface area contributed by atoms with Gasteiger partial charge in [0.05, 0.1) is 6.10 Å². The van der Waals surface area contributed by atoms with Crippen molar-refractivity contribution in [1.29, 1.82) is 0 Å². The maximum Gasteiger partial charge on any atom is 0.115 e. The van der Waals surface area contributed by atoms with E-state index >= 15 is 0 Å². The average molecular weight is 277 g/mol. The zero-order valence-electron chi connectivity index (χ0n) is 11.9. The highest BCUT2D eigenvalue weighted by molar-refractivity contribution is 5.38. The second-order valence-electron chi connectivity index (χ2n) is 6.08. The SMILES string of the molecule is CC1OCCC1(O)CNC1CCCc2cc(O)ccc21. The molecule has 1 aromatic rings. The summed E-state index contributed by atoms with van der Waals surface area (Å²) >= 11 is 0. The van der Waals surface area contributed by atoms with Crippen molar-refractivity contribution in [3.63, 3.8) is 0 Å². The molecule has 20 heavy (non-hydrogen) atoms. The van der Waals surface area contributed by atoms with E-state index in [1.54, 1.807) is 6.07 Å². The molecule has 110 valence electrons. The third-order valence-corrected chi connectivity index (χ3v) is 4.76. The highest BCUT2D eigenvalue weighted by Crippen LogP contribution is 2.33. The van der Waals surface area contributed by atoms with Gasteiger partial charge >= 0.3 is 0 Å². The van der Waals surface area contributed by atoms with Crippen LogP contribution < -0.4 is 5.32 Å². The average Bonchev–Trinajstić information content (AvgIpc) is 2.76. The summed E-state index contributed by atoms with van der Waals surface area (Å²) in [5.41, 5.74) is 1.72. The fraction of sp³-hybridized carbons (Fsp3) is 0.625. The number of phenols is 1. The first-order valence-electron chi connectivity index (χ1n) is 7.48. The van der Waals surface area contributed by atoms with Gasteiger partial charge in [-0.3, -0.25) is 0 Å². The van der Waals surface area contributed by atoms with E-state index in [4.69, 9.17) is 4.74 Å². The van der Waals surface area contributed by atoms with E-state index in [9.17, 15) is 10.2 Å². The Hall–Kier alpha value is -1.10. The number of rotatable bonds is 3. The Bertz CT molecular complexity index is 491. The normalized spacial score (nSPS) is 33.1. The summed E-state index contributed by atoms with van der Waals surface area (Å²) in [6, 6.07) is 5.87. The van der Waals surface area contributed by atoms with Crippen molar-refractivity contribution in [2.24, 2.45) is 0 Å². The predicted molar refractivity (Wildman–Crippen MR) is 76.8 cm³/mol. The quantitative estimate of drug-likeness (QED) is 0.789. The van der Waals surface area contributed by atoms with Crippen LogP contribution in [0.15, 0.2) is 18.2 Å². The number of aromatic hydroxyl groups is 1. The third kappa shape index (κ3) is 2.55. The van der Waals surface area contributed by atoms with E-state index < -0.39 is 5.60 Å². The maximum absolute atomic E-state index is 10.6. The van der Waals surface area contributed by atoms with Crippen LogP contribution in [-0.2, 0) is 11.2 Å². The Labute approximate surface area is 119 Å². The fourth-order valence-corrected chi connectivity index (χ4v) is 3.32. The zero-order chi connectivity index (χ0) is 14.2. The van der Waals surface area contributed by atoms with Crippen LogP contribution in [0.4, 0.5) is 0 Å². The number of fused-ring (bicyclic) bond motifs is 1. The highest BCUT2D eigenvalue weighted by Gasteiger charge is 2.39. The van der Waals surface area contributed by atoms with Crippen LogP contribution in [0.5, 0.6) is 5.75 Å². The van der Waals surface area contributed by atoms with Crippen LogP contribution in [0.2, 0.25) is 0 Å². The van der Waals surface area contributed by atoms with Crippen molar-refractivity contribution in [3.8, 4) is 5.75 Å². The lowest BCUT2D eigenvalue weighted by Gasteiger charge is -2.32. The van der Waals surface area contributed by atoms with Crippen LogP contribution in [-0.4, -0.2) is 35.1 Å². The molecule has 3 N–H and O–H groups in total. The lowest BCUT2D eigenvalue weighted by Crippen LogP contribution is -2.47. The van der Waals surface area contributed by atoms with Crippen molar-refractivity contribution < 1.29 is 14.9 Å². The van der Waals surface area contributed by atoms with Crippen LogP contribution in [0.1, 0.15) is 43.4 Å². The number of nitrogens with one attached hydrogen (secondary N) is 1. The number of aliphatic hydroxyl groups is 1. The molecule has 1 heterocycles. The number of hydrogen-bond acceptors (Lipinski definition) is 4. The molecule has 2 aliphatic rings. The molecule has 0 saturated carbocycles. The smallest absolute Gasteiger partial charge is 0.115 e. The van der Waals surface area contributed by atoms with Crippen LogP contribution in [0, 0.1) is 0 Å². The Balaban J connectivity index is 1.70. The summed E-state index contributed by atoms with van der Waals surface area (Å²) in [6.45, 7) is 3.12. The molecule has 0 bridgehead atoms. The number of aryl methyl sites for hydroxylation is 1. The van der Waals surface area contributed by atoms with E-state index in [0.29, 0.717) is 25.3 Å². The molecular formula is C16H23NO3. The molecule has 1 aliphatic heterocycles. The predicted octanol–water partition coefficient (Wildman–Crippen LogP) is 1.90. The first kappa shape index (κ1) is 13.9. The largest absolute Gasteiger partial charge is 0.508 e. The molecule has 1 aromatic carbocycles. The summed E-state index contributed by atoms with van der Waals surface area (Å²) in [7, 11) is 0. The van der Waals surface area contributed by atoms with Gasteiger partial charge in [0, 0.05) is 25.6 Å². The Morgan fingerprint density at radius 3 is 3.05 bits per heavy atom. The van der Waals surface area contributed by atoms with Gasteiger partial charge in [-0.25, -0.2) is 0 Å². The van der Waals surface area contributed by atoms with E-state index in [2.05, 4.69) is 5.32 Å². The summed E-state index contributed by atoms with van der Waals surface area (Å²) < 4.78 is 5.47. The molecule has 3 rings (SSSR count). The topological polar surface area (TPSA) is 61.7 Å². The molecule has 4 heteroatoms. The summed E-state index contributed by atoms with van der Waals surface area (Å²) in [5, 5.41) is 23.6. The van der Waals surface area contributed by atoms with Crippen molar-refractivity contribution in [3.05, 3.63) is 29.3 Å². The first-order valence-corrected chi connectivity index (χ1v) is 7.48. The monoisotopic (exact) mass is 277 g/mol. The minimum Gasteiger partial charge on any atom is -0.508 e. The molecular weight excluding hydrogens is 254 g/mol. The van der Waals surface area contributed by atoms with E-state index in [1.807, 2.05) is 19.1 Å². The van der Waals surface area contributed by atoms with Gasteiger partial charge in [-0.05, 0) is 49.4 Å². The lowest BCUT2D eigenvalue weighted by atomic mass is 9.86. The molecule has 1 aliphatic carbocycles. The minimum absolute atomic E-state index is 0.113. The second-order valence-corrected chi connectivity index (χ2v) is 6.08. The van der Waals surface area contributed by atoms with Gasteiger partial charge in [0.25, 0.3) is 0 Å². The van der Waals surface area contributed by atoms with Crippen molar-refractivity contribution >= 4 is 0 Å². The number of benzene rings is 1. The summed E-state index contributed by atoms with van der Waals surface area (Å²) in [6.07, 6.45) is 3.78. The van der Waals surface area contributed by atoms with E-state index in [-0.39, 0.29) is 12.1 Å². The van der Waals surface area contributed by atoms with Gasteiger partial charge in [0.15, 0.2) is 0 Å². The molecule has 0 spiro atoms. The zero-order valence-corrected chi connectivity index (χ0v) is 11.9. The molecule has 3 unspecified atom stereocenters. The Kier molecular flexibility index (Phi) is 3.71. The Morgan fingerprint density at radius 2 is 2.30 bits per heavy atom. The molecule has 1 fully saturated rings. The Morgan fingerprint density at radius 1 is 1.45 bits per heavy atom. The van der Waals surface area contributed by atoms with Crippen molar-refractivity contribution in [1.82, 2.24) is 5.32 Å². The molecule has 0 radical (unpaired) electrons. The molecule has 3 atom stereocenters. The minimum atomic E-state index is -0.755. The third-order valence-electron chi connectivity index (χ3n) is 4.76. The standard InChI is InChI=1S/C16H23NO3/c1-11-16(19,7-8-20-11)10-17-15-4-2-3-12-9-13(18)5-6-14(12)15/h5-6,9,11,15,17-19H,2-4,7-8,10H2,1H3. The first-order chi connectivity index (χ1) is 9.58. The number of hydrogen-bond donors (Lipinski definition) is 3. The van der Waals surface area contributed by atoms with Gasteiger partial charge in [0.2, 0.25) is 0 Å². The molecule has 0 aromatic heterocycles. The lowest BCUT2D eigenvalue weighted by molar-refractivity contribution is -0.0280. The van der Waals surface area contributed by atoms with E-state index in [1.165, 1.54) is 11.1 Å². The molecule has 1 saturated heterocycles. The van der Waals surface area contributed by atoms with Gasteiger partial charge < -0.3 is 20.3 Å².